The Labute approximate surface area is 119 Å². The van der Waals surface area contributed by atoms with E-state index in [1.165, 1.54) is 6.42 Å². The third kappa shape index (κ3) is 3.90. The lowest BCUT2D eigenvalue weighted by Gasteiger charge is -2.33. The van der Waals surface area contributed by atoms with Gasteiger partial charge in [0, 0.05) is 17.5 Å². The van der Waals surface area contributed by atoms with E-state index in [0.29, 0.717) is 11.8 Å². The largest absolute Gasteiger partial charge is 0.497 e. The molecule has 1 aliphatic rings. The highest BCUT2D eigenvalue weighted by Crippen LogP contribution is 2.24. The maximum atomic E-state index is 12.2. The molecule has 104 valence electrons. The second-order valence-electron chi connectivity index (χ2n) is 4.90. The molecule has 2 rings (SSSR count). The molecule has 1 unspecified atom stereocenters. The minimum atomic E-state index is 0.250. The Kier molecular flexibility index (Phi) is 5.14. The third-order valence-corrected chi connectivity index (χ3v) is 4.51. The van der Waals surface area contributed by atoms with E-state index >= 15 is 0 Å². The zero-order valence-electron chi connectivity index (χ0n) is 11.6. The number of nitrogens with zero attached hydrogens (tertiary/aromatic N) is 1. The van der Waals surface area contributed by atoms with Crippen molar-refractivity contribution in [3.05, 3.63) is 24.3 Å². The number of rotatable bonds is 4. The first-order valence-corrected chi connectivity index (χ1v) is 7.75. The van der Waals surface area contributed by atoms with Crippen LogP contribution in [0.2, 0.25) is 0 Å². The molecule has 1 fully saturated rings. The van der Waals surface area contributed by atoms with E-state index in [0.717, 1.165) is 30.0 Å². The van der Waals surface area contributed by atoms with Crippen molar-refractivity contribution >= 4 is 17.7 Å². The fraction of sp³-hybridized carbons (Fsp3) is 0.533. The number of methoxy groups -OCH3 is 1. The number of hydrogen-bond acceptors (Lipinski definition) is 3. The summed E-state index contributed by atoms with van der Waals surface area (Å²) in [5.74, 6) is 1.60. The molecule has 0 aliphatic carbocycles. The molecule has 1 saturated heterocycles. The Morgan fingerprint density at radius 2 is 2.32 bits per heavy atom. The van der Waals surface area contributed by atoms with E-state index in [4.69, 9.17) is 4.74 Å². The molecule has 1 amide bonds. The smallest absolute Gasteiger partial charge is 0.233 e. The number of likely N-dealkylation sites (tertiary alicyclic amines) is 1. The van der Waals surface area contributed by atoms with Crippen LogP contribution in [0.4, 0.5) is 0 Å². The molecule has 1 heterocycles. The van der Waals surface area contributed by atoms with Gasteiger partial charge in [-0.1, -0.05) is 6.07 Å². The van der Waals surface area contributed by atoms with Gasteiger partial charge in [-0.3, -0.25) is 4.79 Å². The molecule has 0 aromatic heterocycles. The van der Waals surface area contributed by atoms with E-state index in [2.05, 4.69) is 6.92 Å². The Morgan fingerprint density at radius 1 is 1.47 bits per heavy atom. The number of carbonyl (C=O) groups excluding carboxylic acids is 1. The van der Waals surface area contributed by atoms with Crippen LogP contribution in [0, 0.1) is 0 Å². The van der Waals surface area contributed by atoms with E-state index in [9.17, 15) is 4.79 Å². The van der Waals surface area contributed by atoms with Gasteiger partial charge >= 0.3 is 0 Å². The summed E-state index contributed by atoms with van der Waals surface area (Å²) in [5.41, 5.74) is 0. The molecule has 1 aliphatic heterocycles. The molecule has 1 atom stereocenters. The SMILES string of the molecule is COc1cccc(SCC(=O)N2CCCCC2C)c1. The van der Waals surface area contributed by atoms with Crippen molar-refractivity contribution in [3.63, 3.8) is 0 Å². The number of carbonyl (C=O) groups is 1. The van der Waals surface area contributed by atoms with Crippen LogP contribution in [0.25, 0.3) is 0 Å². The normalized spacial score (nSPS) is 19.3. The van der Waals surface area contributed by atoms with E-state index in [1.807, 2.05) is 29.2 Å². The second kappa shape index (κ2) is 6.85. The van der Waals surface area contributed by atoms with Crippen molar-refractivity contribution in [2.24, 2.45) is 0 Å². The third-order valence-electron chi connectivity index (χ3n) is 3.53. The molecule has 1 aromatic rings. The summed E-state index contributed by atoms with van der Waals surface area (Å²) in [6.45, 7) is 3.06. The molecular formula is C15H21NO2S. The minimum absolute atomic E-state index is 0.250. The molecule has 0 radical (unpaired) electrons. The van der Waals surface area contributed by atoms with Crippen LogP contribution < -0.4 is 4.74 Å². The van der Waals surface area contributed by atoms with Crippen molar-refractivity contribution in [3.8, 4) is 5.75 Å². The molecule has 0 bridgehead atoms. The summed E-state index contributed by atoms with van der Waals surface area (Å²) in [7, 11) is 1.66. The van der Waals surface area contributed by atoms with Crippen molar-refractivity contribution in [1.29, 1.82) is 0 Å². The Bertz CT molecular complexity index is 436. The van der Waals surface area contributed by atoms with Crippen molar-refractivity contribution in [1.82, 2.24) is 4.90 Å². The number of benzene rings is 1. The second-order valence-corrected chi connectivity index (χ2v) is 5.95. The van der Waals surface area contributed by atoms with Crippen molar-refractivity contribution in [2.45, 2.75) is 37.1 Å². The lowest BCUT2D eigenvalue weighted by atomic mass is 10.0. The van der Waals surface area contributed by atoms with E-state index < -0.39 is 0 Å². The lowest BCUT2D eigenvalue weighted by molar-refractivity contribution is -0.131. The van der Waals surface area contributed by atoms with Crippen LogP contribution in [-0.4, -0.2) is 36.3 Å². The Balaban J connectivity index is 1.88. The van der Waals surface area contributed by atoms with Crippen LogP contribution in [0.3, 0.4) is 0 Å². The zero-order valence-corrected chi connectivity index (χ0v) is 12.4. The summed E-state index contributed by atoms with van der Waals surface area (Å²) in [4.78, 5) is 15.3. The van der Waals surface area contributed by atoms with E-state index in [1.54, 1.807) is 18.9 Å². The number of hydrogen-bond donors (Lipinski definition) is 0. The van der Waals surface area contributed by atoms with Crippen molar-refractivity contribution < 1.29 is 9.53 Å². The Morgan fingerprint density at radius 3 is 3.05 bits per heavy atom. The summed E-state index contributed by atoms with van der Waals surface area (Å²) in [6.07, 6.45) is 3.52. The number of piperidine rings is 1. The zero-order chi connectivity index (χ0) is 13.7. The van der Waals surface area contributed by atoms with Crippen molar-refractivity contribution in [2.75, 3.05) is 19.4 Å². The maximum absolute atomic E-state index is 12.2. The maximum Gasteiger partial charge on any atom is 0.233 e. The van der Waals surface area contributed by atoms with Gasteiger partial charge in [0.15, 0.2) is 0 Å². The van der Waals surface area contributed by atoms with Crippen LogP contribution >= 0.6 is 11.8 Å². The standard InChI is InChI=1S/C15H21NO2S/c1-12-6-3-4-9-16(12)15(17)11-19-14-8-5-7-13(10-14)18-2/h5,7-8,10,12H,3-4,6,9,11H2,1-2H3. The predicted molar refractivity (Wildman–Crippen MR) is 78.7 cm³/mol. The van der Waals surface area contributed by atoms with Gasteiger partial charge in [0.05, 0.1) is 12.9 Å². The van der Waals surface area contributed by atoms with Crippen LogP contribution in [0.15, 0.2) is 29.2 Å². The van der Waals surface area contributed by atoms with Gasteiger partial charge in [-0.25, -0.2) is 0 Å². The van der Waals surface area contributed by atoms with Crippen LogP contribution in [0.1, 0.15) is 26.2 Å². The summed E-state index contributed by atoms with van der Waals surface area (Å²) in [6, 6.07) is 8.25. The molecule has 19 heavy (non-hydrogen) atoms. The highest BCUT2D eigenvalue weighted by Gasteiger charge is 2.22. The first-order valence-electron chi connectivity index (χ1n) is 6.77. The van der Waals surface area contributed by atoms with E-state index in [-0.39, 0.29) is 5.91 Å². The fourth-order valence-corrected chi connectivity index (χ4v) is 3.22. The number of amides is 1. The summed E-state index contributed by atoms with van der Waals surface area (Å²) < 4.78 is 5.19. The van der Waals surface area contributed by atoms with Gasteiger partial charge in [0.25, 0.3) is 0 Å². The first kappa shape index (κ1) is 14.3. The van der Waals surface area contributed by atoms with Gasteiger partial charge < -0.3 is 9.64 Å². The van der Waals surface area contributed by atoms with Gasteiger partial charge in [0.1, 0.15) is 5.75 Å². The number of ether oxygens (including phenoxy) is 1. The minimum Gasteiger partial charge on any atom is -0.497 e. The molecule has 0 N–H and O–H groups in total. The molecule has 3 nitrogen and oxygen atoms in total. The van der Waals surface area contributed by atoms with Gasteiger partial charge in [-0.05, 0) is 44.4 Å². The van der Waals surface area contributed by atoms with Crippen LogP contribution in [0.5, 0.6) is 5.75 Å². The molecule has 0 saturated carbocycles. The predicted octanol–water partition coefficient (Wildman–Crippen LogP) is 3.19. The topological polar surface area (TPSA) is 29.5 Å². The summed E-state index contributed by atoms with van der Waals surface area (Å²) in [5, 5.41) is 0. The highest BCUT2D eigenvalue weighted by atomic mass is 32.2. The molecule has 4 heteroatoms. The first-order chi connectivity index (χ1) is 9.20. The fourth-order valence-electron chi connectivity index (χ4n) is 2.39. The van der Waals surface area contributed by atoms with Crippen LogP contribution in [-0.2, 0) is 4.79 Å². The van der Waals surface area contributed by atoms with Gasteiger partial charge in [-0.2, -0.15) is 0 Å². The molecular weight excluding hydrogens is 258 g/mol. The molecule has 1 aromatic carbocycles. The average Bonchev–Trinajstić information content (AvgIpc) is 2.45. The number of thioether (sulfide) groups is 1. The highest BCUT2D eigenvalue weighted by molar-refractivity contribution is 8.00. The van der Waals surface area contributed by atoms with Gasteiger partial charge in [0.2, 0.25) is 5.91 Å². The monoisotopic (exact) mass is 279 g/mol. The lowest BCUT2D eigenvalue weighted by Crippen LogP contribution is -2.42. The summed E-state index contributed by atoms with van der Waals surface area (Å²) >= 11 is 1.58. The Hall–Kier alpha value is -1.16. The van der Waals surface area contributed by atoms with Gasteiger partial charge in [-0.15, -0.1) is 11.8 Å². The molecule has 0 spiro atoms. The quantitative estimate of drug-likeness (QED) is 0.793. The average molecular weight is 279 g/mol.